The number of nitriles is 1. The molecule has 20 heavy (non-hydrogen) atoms. The number of ketones is 1. The van der Waals surface area contributed by atoms with Gasteiger partial charge in [-0.05, 0) is 18.2 Å². The first-order valence-corrected chi connectivity index (χ1v) is 6.22. The number of amides is 2. The zero-order valence-corrected chi connectivity index (χ0v) is 11.1. The van der Waals surface area contributed by atoms with E-state index in [0.29, 0.717) is 10.7 Å². The molecule has 7 heteroatoms. The van der Waals surface area contributed by atoms with Crippen molar-refractivity contribution >= 4 is 34.9 Å². The topological polar surface area (TPSA) is 90.3 Å². The summed E-state index contributed by atoms with van der Waals surface area (Å²) >= 11 is 5.78. The Morgan fingerprint density at radius 3 is 2.85 bits per heavy atom. The van der Waals surface area contributed by atoms with Crippen LogP contribution in [0.5, 0.6) is 0 Å². The Balaban J connectivity index is 2.14. The van der Waals surface area contributed by atoms with Crippen LogP contribution >= 0.6 is 11.6 Å². The largest absolute Gasteiger partial charge is 0.354 e. The van der Waals surface area contributed by atoms with Crippen molar-refractivity contribution in [2.75, 3.05) is 18.0 Å². The van der Waals surface area contributed by atoms with E-state index in [4.69, 9.17) is 16.9 Å². The fraction of sp³-hybridized carbons (Fsp3) is 0.231. The van der Waals surface area contributed by atoms with Gasteiger partial charge >= 0.3 is 0 Å². The van der Waals surface area contributed by atoms with E-state index in [-0.39, 0.29) is 25.1 Å². The summed E-state index contributed by atoms with van der Waals surface area (Å²) in [5, 5.41) is 11.2. The van der Waals surface area contributed by atoms with E-state index in [9.17, 15) is 14.4 Å². The van der Waals surface area contributed by atoms with Gasteiger partial charge in [0.05, 0.1) is 23.7 Å². The lowest BCUT2D eigenvalue weighted by molar-refractivity contribution is -0.122. The summed E-state index contributed by atoms with van der Waals surface area (Å²) < 4.78 is 0. The number of Topliss-reactive ketones (excluding diaryl/α,β-unsaturated/α-hetero) is 1. The van der Waals surface area contributed by atoms with Gasteiger partial charge < -0.3 is 5.32 Å². The maximum absolute atomic E-state index is 11.8. The highest BCUT2D eigenvalue weighted by atomic mass is 35.5. The minimum absolute atomic E-state index is 0.185. The molecule has 1 aromatic rings. The molecule has 0 radical (unpaired) electrons. The van der Waals surface area contributed by atoms with Crippen LogP contribution in [0, 0.1) is 11.3 Å². The number of halogens is 1. The number of nitrogens with one attached hydrogen (secondary N) is 1. The summed E-state index contributed by atoms with van der Waals surface area (Å²) in [6.45, 7) is -0.0522. The van der Waals surface area contributed by atoms with E-state index in [1.165, 1.54) is 12.1 Å². The zero-order chi connectivity index (χ0) is 14.7. The van der Waals surface area contributed by atoms with Crippen LogP contribution in [0.15, 0.2) is 18.2 Å². The van der Waals surface area contributed by atoms with Crippen molar-refractivity contribution in [3.63, 3.8) is 0 Å². The SMILES string of the molecule is N#CCCNC(=O)CN1C(=O)C(=O)c2cc(Cl)ccc21. The first kappa shape index (κ1) is 14.0. The summed E-state index contributed by atoms with van der Waals surface area (Å²) in [4.78, 5) is 36.4. The zero-order valence-electron chi connectivity index (χ0n) is 10.4. The van der Waals surface area contributed by atoms with Gasteiger partial charge in [0.2, 0.25) is 5.91 Å². The molecule has 2 rings (SSSR count). The highest BCUT2D eigenvalue weighted by molar-refractivity contribution is 6.53. The van der Waals surface area contributed by atoms with Crippen LogP contribution in [0.3, 0.4) is 0 Å². The molecular formula is C13H10ClN3O3. The summed E-state index contributed by atoms with van der Waals surface area (Å²) in [5.74, 6) is -1.85. The molecular weight excluding hydrogens is 282 g/mol. The van der Waals surface area contributed by atoms with Gasteiger partial charge in [0.1, 0.15) is 6.54 Å². The lowest BCUT2D eigenvalue weighted by atomic mass is 10.1. The van der Waals surface area contributed by atoms with Crippen LogP contribution in [0.25, 0.3) is 0 Å². The summed E-state index contributed by atoms with van der Waals surface area (Å²) in [7, 11) is 0. The van der Waals surface area contributed by atoms with Crippen molar-refractivity contribution in [1.29, 1.82) is 5.26 Å². The van der Waals surface area contributed by atoms with E-state index >= 15 is 0 Å². The average Bonchev–Trinajstić information content (AvgIpc) is 2.64. The second kappa shape index (κ2) is 5.72. The smallest absolute Gasteiger partial charge is 0.299 e. The highest BCUT2D eigenvalue weighted by Crippen LogP contribution is 2.30. The minimum Gasteiger partial charge on any atom is -0.354 e. The number of carbonyl (C=O) groups is 3. The van der Waals surface area contributed by atoms with Crippen molar-refractivity contribution < 1.29 is 14.4 Å². The second-order valence-corrected chi connectivity index (χ2v) is 4.58. The molecule has 0 spiro atoms. The van der Waals surface area contributed by atoms with Gasteiger partial charge in [-0.25, -0.2) is 0 Å². The third kappa shape index (κ3) is 2.63. The lowest BCUT2D eigenvalue weighted by Gasteiger charge is -2.15. The molecule has 1 aliphatic heterocycles. The number of hydrogen-bond acceptors (Lipinski definition) is 4. The highest BCUT2D eigenvalue weighted by Gasteiger charge is 2.36. The normalized spacial score (nSPS) is 13.1. The number of anilines is 1. The van der Waals surface area contributed by atoms with Crippen LogP contribution in [0.2, 0.25) is 5.02 Å². The number of carbonyl (C=O) groups excluding carboxylic acids is 3. The van der Waals surface area contributed by atoms with E-state index in [1.54, 1.807) is 6.07 Å². The molecule has 0 unspecified atom stereocenters. The molecule has 0 fully saturated rings. The van der Waals surface area contributed by atoms with E-state index in [1.807, 2.05) is 6.07 Å². The molecule has 1 aromatic carbocycles. The van der Waals surface area contributed by atoms with Crippen LogP contribution in [-0.2, 0) is 9.59 Å². The molecule has 102 valence electrons. The standard InChI is InChI=1S/C13H10ClN3O3/c14-8-2-3-10-9(6-8)12(19)13(20)17(10)7-11(18)16-5-1-4-15/h2-3,6H,1,5,7H2,(H,16,18). The first-order chi connectivity index (χ1) is 9.54. The van der Waals surface area contributed by atoms with Crippen LogP contribution in [0.4, 0.5) is 5.69 Å². The van der Waals surface area contributed by atoms with Crippen molar-refractivity contribution in [3.05, 3.63) is 28.8 Å². The van der Waals surface area contributed by atoms with Crippen LogP contribution < -0.4 is 10.2 Å². The fourth-order valence-electron chi connectivity index (χ4n) is 1.89. The van der Waals surface area contributed by atoms with Gasteiger partial charge in [0.25, 0.3) is 11.7 Å². The Morgan fingerprint density at radius 2 is 2.15 bits per heavy atom. The predicted molar refractivity (Wildman–Crippen MR) is 71.4 cm³/mol. The maximum atomic E-state index is 11.8. The average molecular weight is 292 g/mol. The molecule has 0 atom stereocenters. The van der Waals surface area contributed by atoms with E-state index in [0.717, 1.165) is 4.90 Å². The Hall–Kier alpha value is -2.39. The summed E-state index contributed by atoms with van der Waals surface area (Å²) in [6, 6.07) is 6.38. The van der Waals surface area contributed by atoms with Gasteiger partial charge in [0.15, 0.2) is 0 Å². The predicted octanol–water partition coefficient (Wildman–Crippen LogP) is 0.899. The van der Waals surface area contributed by atoms with Gasteiger partial charge in [-0.2, -0.15) is 5.26 Å². The quantitative estimate of drug-likeness (QED) is 0.659. The van der Waals surface area contributed by atoms with E-state index in [2.05, 4.69) is 5.32 Å². The molecule has 0 aliphatic carbocycles. The van der Waals surface area contributed by atoms with Crippen molar-refractivity contribution in [3.8, 4) is 6.07 Å². The molecule has 0 aromatic heterocycles. The summed E-state index contributed by atoms with van der Waals surface area (Å²) in [6.07, 6.45) is 0.185. The second-order valence-electron chi connectivity index (χ2n) is 4.14. The fourth-order valence-corrected chi connectivity index (χ4v) is 2.06. The number of rotatable bonds is 4. The number of fused-ring (bicyclic) bond motifs is 1. The first-order valence-electron chi connectivity index (χ1n) is 5.84. The molecule has 0 saturated carbocycles. The monoisotopic (exact) mass is 291 g/mol. The van der Waals surface area contributed by atoms with Crippen LogP contribution in [0.1, 0.15) is 16.8 Å². The Labute approximate surface area is 119 Å². The van der Waals surface area contributed by atoms with Gasteiger partial charge in [-0.3, -0.25) is 19.3 Å². The lowest BCUT2D eigenvalue weighted by Crippen LogP contribution is -2.40. The Bertz CT molecular complexity index is 636. The molecule has 1 heterocycles. The van der Waals surface area contributed by atoms with Gasteiger partial charge in [-0.15, -0.1) is 0 Å². The van der Waals surface area contributed by atoms with Gasteiger partial charge in [-0.1, -0.05) is 11.6 Å². The number of benzene rings is 1. The van der Waals surface area contributed by atoms with Crippen molar-refractivity contribution in [1.82, 2.24) is 5.32 Å². The molecule has 1 N–H and O–H groups in total. The number of hydrogen-bond donors (Lipinski definition) is 1. The third-order valence-electron chi connectivity index (χ3n) is 2.79. The van der Waals surface area contributed by atoms with Gasteiger partial charge in [0, 0.05) is 11.6 Å². The maximum Gasteiger partial charge on any atom is 0.299 e. The van der Waals surface area contributed by atoms with E-state index < -0.39 is 17.6 Å². The minimum atomic E-state index is -0.752. The van der Waals surface area contributed by atoms with Crippen LogP contribution in [-0.4, -0.2) is 30.7 Å². The molecule has 2 amide bonds. The molecule has 0 bridgehead atoms. The molecule has 1 aliphatic rings. The van der Waals surface area contributed by atoms with Crippen molar-refractivity contribution in [2.45, 2.75) is 6.42 Å². The Kier molecular flexibility index (Phi) is 4.01. The number of nitrogens with zero attached hydrogens (tertiary/aromatic N) is 2. The Morgan fingerprint density at radius 1 is 1.40 bits per heavy atom. The summed E-state index contributed by atoms with van der Waals surface area (Å²) in [5.41, 5.74) is 0.576. The molecule has 6 nitrogen and oxygen atoms in total. The third-order valence-corrected chi connectivity index (χ3v) is 3.03. The van der Waals surface area contributed by atoms with Crippen molar-refractivity contribution in [2.24, 2.45) is 0 Å². The molecule has 0 saturated heterocycles.